The molecule has 2 aromatic rings. The Kier molecular flexibility index (Phi) is 4.18. The summed E-state index contributed by atoms with van der Waals surface area (Å²) in [5.74, 6) is 1.72. The highest BCUT2D eigenvalue weighted by Crippen LogP contribution is 2.36. The van der Waals surface area contributed by atoms with E-state index in [1.165, 1.54) is 11.1 Å². The van der Waals surface area contributed by atoms with Gasteiger partial charge in [-0.2, -0.15) is 0 Å². The average molecular weight is 310 g/mol. The van der Waals surface area contributed by atoms with Crippen LogP contribution in [0.5, 0.6) is 11.5 Å². The lowest BCUT2D eigenvalue weighted by Gasteiger charge is -2.36. The number of hydrogen-bond donors (Lipinski definition) is 1. The van der Waals surface area contributed by atoms with Crippen LogP contribution in [0, 0.1) is 0 Å². The van der Waals surface area contributed by atoms with Gasteiger partial charge in [0.25, 0.3) is 0 Å². The van der Waals surface area contributed by atoms with Gasteiger partial charge in [-0.3, -0.25) is 4.90 Å². The van der Waals surface area contributed by atoms with Gasteiger partial charge in [-0.05, 0) is 23.3 Å². The summed E-state index contributed by atoms with van der Waals surface area (Å²) < 4.78 is 11.4. The highest BCUT2D eigenvalue weighted by Gasteiger charge is 2.25. The van der Waals surface area contributed by atoms with Crippen molar-refractivity contribution in [3.63, 3.8) is 0 Å². The van der Waals surface area contributed by atoms with Crippen LogP contribution < -0.4 is 14.8 Å². The predicted octanol–water partition coefficient (Wildman–Crippen LogP) is 2.45. The van der Waals surface area contributed by atoms with E-state index in [1.54, 1.807) is 0 Å². The summed E-state index contributed by atoms with van der Waals surface area (Å²) in [5, 5.41) is 3.44. The van der Waals surface area contributed by atoms with Gasteiger partial charge in [-0.15, -0.1) is 0 Å². The lowest BCUT2D eigenvalue weighted by Crippen LogP contribution is -2.45. The number of hydrogen-bond acceptors (Lipinski definition) is 4. The van der Waals surface area contributed by atoms with Crippen LogP contribution in [0.1, 0.15) is 17.2 Å². The van der Waals surface area contributed by atoms with Crippen LogP contribution in [-0.2, 0) is 0 Å². The fourth-order valence-electron chi connectivity index (χ4n) is 3.42. The lowest BCUT2D eigenvalue weighted by atomic mass is 9.96. The standard InChI is InChI=1S/C19H22N2O2/c1-2-4-15(5-3-1)19(21-10-8-20-9-11-21)16-6-7-17-18(14-16)23-13-12-22-17/h1-7,14,19-20H,8-13H2. The van der Waals surface area contributed by atoms with Gasteiger partial charge in [0, 0.05) is 26.2 Å². The smallest absolute Gasteiger partial charge is 0.161 e. The fraction of sp³-hybridized carbons (Fsp3) is 0.368. The Bertz CT molecular complexity index is 654. The number of rotatable bonds is 3. The second kappa shape index (κ2) is 6.60. The molecule has 0 amide bonds. The molecule has 0 radical (unpaired) electrons. The van der Waals surface area contributed by atoms with Crippen molar-refractivity contribution in [1.82, 2.24) is 10.2 Å². The van der Waals surface area contributed by atoms with Crippen molar-refractivity contribution in [3.8, 4) is 11.5 Å². The molecule has 2 aliphatic rings. The Labute approximate surface area is 137 Å². The van der Waals surface area contributed by atoms with Crippen molar-refractivity contribution in [2.24, 2.45) is 0 Å². The zero-order valence-electron chi connectivity index (χ0n) is 13.2. The van der Waals surface area contributed by atoms with Crippen LogP contribution >= 0.6 is 0 Å². The third kappa shape index (κ3) is 3.05. The highest BCUT2D eigenvalue weighted by molar-refractivity contribution is 5.46. The van der Waals surface area contributed by atoms with Crippen LogP contribution in [0.25, 0.3) is 0 Å². The molecule has 0 aromatic heterocycles. The van der Waals surface area contributed by atoms with Crippen LogP contribution in [0.2, 0.25) is 0 Å². The number of piperazine rings is 1. The molecule has 2 aromatic carbocycles. The second-order valence-corrected chi connectivity index (χ2v) is 6.00. The molecule has 0 aliphatic carbocycles. The molecule has 4 rings (SSSR count). The Balaban J connectivity index is 1.72. The molecule has 1 N–H and O–H groups in total. The van der Waals surface area contributed by atoms with E-state index in [2.05, 4.69) is 52.7 Å². The van der Waals surface area contributed by atoms with E-state index in [1.807, 2.05) is 6.07 Å². The van der Waals surface area contributed by atoms with E-state index in [-0.39, 0.29) is 6.04 Å². The molecule has 23 heavy (non-hydrogen) atoms. The Morgan fingerprint density at radius 3 is 2.35 bits per heavy atom. The van der Waals surface area contributed by atoms with Crippen LogP contribution in [0.4, 0.5) is 0 Å². The van der Waals surface area contributed by atoms with Crippen molar-refractivity contribution in [2.45, 2.75) is 6.04 Å². The normalized spacial score (nSPS) is 19.3. The van der Waals surface area contributed by atoms with E-state index in [4.69, 9.17) is 9.47 Å². The topological polar surface area (TPSA) is 33.7 Å². The largest absolute Gasteiger partial charge is 0.486 e. The minimum Gasteiger partial charge on any atom is -0.486 e. The van der Waals surface area contributed by atoms with Gasteiger partial charge in [0.2, 0.25) is 0 Å². The van der Waals surface area contributed by atoms with Crippen LogP contribution in [0.3, 0.4) is 0 Å². The van der Waals surface area contributed by atoms with Crippen molar-refractivity contribution in [1.29, 1.82) is 0 Å². The molecule has 0 spiro atoms. The van der Waals surface area contributed by atoms with Gasteiger partial charge >= 0.3 is 0 Å². The van der Waals surface area contributed by atoms with Crippen molar-refractivity contribution in [2.75, 3.05) is 39.4 Å². The first-order valence-electron chi connectivity index (χ1n) is 8.31. The van der Waals surface area contributed by atoms with E-state index in [0.717, 1.165) is 37.7 Å². The van der Waals surface area contributed by atoms with Crippen molar-refractivity contribution >= 4 is 0 Å². The summed E-state index contributed by atoms with van der Waals surface area (Å²) in [4.78, 5) is 2.54. The first kappa shape index (κ1) is 14.5. The van der Waals surface area contributed by atoms with Gasteiger partial charge < -0.3 is 14.8 Å². The maximum absolute atomic E-state index is 5.78. The first-order chi connectivity index (χ1) is 11.4. The summed E-state index contributed by atoms with van der Waals surface area (Å²) in [5.41, 5.74) is 2.59. The van der Waals surface area contributed by atoms with Crippen molar-refractivity contribution in [3.05, 3.63) is 59.7 Å². The third-order valence-corrected chi connectivity index (χ3v) is 4.51. The van der Waals surface area contributed by atoms with E-state index >= 15 is 0 Å². The van der Waals surface area contributed by atoms with Gasteiger partial charge in [0.1, 0.15) is 13.2 Å². The number of ether oxygens (including phenoxy) is 2. The minimum absolute atomic E-state index is 0.258. The molecule has 1 fully saturated rings. The predicted molar refractivity (Wildman–Crippen MR) is 90.2 cm³/mol. The maximum atomic E-state index is 5.78. The first-order valence-corrected chi connectivity index (χ1v) is 8.31. The monoisotopic (exact) mass is 310 g/mol. The second-order valence-electron chi connectivity index (χ2n) is 6.00. The zero-order chi connectivity index (χ0) is 15.5. The number of nitrogens with one attached hydrogen (secondary N) is 1. The number of nitrogens with zero attached hydrogens (tertiary/aromatic N) is 1. The molecular formula is C19H22N2O2. The average Bonchev–Trinajstić information content (AvgIpc) is 2.64. The summed E-state index contributed by atoms with van der Waals surface area (Å²) in [6.07, 6.45) is 0. The Morgan fingerprint density at radius 1 is 0.826 bits per heavy atom. The van der Waals surface area contributed by atoms with Gasteiger partial charge in [-0.1, -0.05) is 36.4 Å². The van der Waals surface area contributed by atoms with Crippen molar-refractivity contribution < 1.29 is 9.47 Å². The summed E-state index contributed by atoms with van der Waals surface area (Å²) in [6.45, 7) is 5.43. The molecule has 1 atom stereocenters. The van der Waals surface area contributed by atoms with E-state index in [0.29, 0.717) is 13.2 Å². The molecule has 1 unspecified atom stereocenters. The molecule has 2 aliphatic heterocycles. The fourth-order valence-corrected chi connectivity index (χ4v) is 3.42. The molecule has 4 heteroatoms. The Morgan fingerprint density at radius 2 is 1.57 bits per heavy atom. The summed E-state index contributed by atoms with van der Waals surface area (Å²) >= 11 is 0. The van der Waals surface area contributed by atoms with Crippen LogP contribution in [-0.4, -0.2) is 44.3 Å². The molecule has 120 valence electrons. The molecular weight excluding hydrogens is 288 g/mol. The summed E-state index contributed by atoms with van der Waals surface area (Å²) in [6, 6.07) is 17.3. The number of fused-ring (bicyclic) bond motifs is 1. The molecule has 4 nitrogen and oxygen atoms in total. The lowest BCUT2D eigenvalue weighted by molar-refractivity contribution is 0.169. The zero-order valence-corrected chi connectivity index (χ0v) is 13.2. The van der Waals surface area contributed by atoms with Gasteiger partial charge in [0.15, 0.2) is 11.5 Å². The van der Waals surface area contributed by atoms with E-state index < -0.39 is 0 Å². The van der Waals surface area contributed by atoms with Gasteiger partial charge in [-0.25, -0.2) is 0 Å². The molecule has 2 heterocycles. The molecule has 0 saturated carbocycles. The third-order valence-electron chi connectivity index (χ3n) is 4.51. The maximum Gasteiger partial charge on any atom is 0.161 e. The van der Waals surface area contributed by atoms with E-state index in [9.17, 15) is 0 Å². The molecule has 1 saturated heterocycles. The van der Waals surface area contributed by atoms with Crippen LogP contribution in [0.15, 0.2) is 48.5 Å². The number of benzene rings is 2. The highest BCUT2D eigenvalue weighted by atomic mass is 16.6. The summed E-state index contributed by atoms with van der Waals surface area (Å²) in [7, 11) is 0. The molecule has 0 bridgehead atoms. The SMILES string of the molecule is c1ccc(C(c2ccc3c(c2)OCCO3)N2CCNCC2)cc1. The van der Waals surface area contributed by atoms with Gasteiger partial charge in [0.05, 0.1) is 6.04 Å². The quantitative estimate of drug-likeness (QED) is 0.944. The Hall–Kier alpha value is -2.04. The minimum atomic E-state index is 0.258.